The zero-order chi connectivity index (χ0) is 10.6. The minimum Gasteiger partial charge on any atom is -0.384 e. The van der Waals surface area contributed by atoms with Gasteiger partial charge in [-0.15, -0.1) is 0 Å². The first kappa shape index (κ1) is 11.8. The average molecular weight is 278 g/mol. The first-order valence-electron chi connectivity index (χ1n) is 4.53. The van der Waals surface area contributed by atoms with Gasteiger partial charge in [-0.25, -0.2) is 0 Å². The molecule has 0 aliphatic heterocycles. The van der Waals surface area contributed by atoms with Crippen molar-refractivity contribution in [3.05, 3.63) is 27.7 Å². The number of halogens is 2. The van der Waals surface area contributed by atoms with Crippen molar-refractivity contribution in [3.8, 4) is 0 Å². The molecule has 1 atom stereocenters. The molecule has 1 unspecified atom stereocenters. The second-order valence-electron chi connectivity index (χ2n) is 3.32. The van der Waals surface area contributed by atoms with Crippen LogP contribution in [0.5, 0.6) is 0 Å². The molecule has 0 amide bonds. The van der Waals surface area contributed by atoms with E-state index in [0.717, 1.165) is 21.7 Å². The van der Waals surface area contributed by atoms with Gasteiger partial charge in [-0.1, -0.05) is 24.6 Å². The number of benzene rings is 1. The van der Waals surface area contributed by atoms with E-state index in [1.54, 1.807) is 0 Å². The van der Waals surface area contributed by atoms with E-state index < -0.39 is 0 Å². The summed E-state index contributed by atoms with van der Waals surface area (Å²) in [5, 5.41) is 4.01. The topological polar surface area (TPSA) is 38.0 Å². The molecule has 0 fully saturated rings. The zero-order valence-electron chi connectivity index (χ0n) is 8.06. The van der Waals surface area contributed by atoms with Crippen LogP contribution >= 0.6 is 27.5 Å². The average Bonchev–Trinajstić information content (AvgIpc) is 2.20. The Kier molecular flexibility index (Phi) is 4.72. The van der Waals surface area contributed by atoms with Gasteiger partial charge in [0.15, 0.2) is 0 Å². The molecular weight excluding hydrogens is 263 g/mol. The number of nitrogens with two attached hydrogens (primary N) is 1. The van der Waals surface area contributed by atoms with Crippen LogP contribution < -0.4 is 11.1 Å². The summed E-state index contributed by atoms with van der Waals surface area (Å²) in [5.41, 5.74) is 6.54. The Labute approximate surface area is 98.0 Å². The monoisotopic (exact) mass is 276 g/mol. The van der Waals surface area contributed by atoms with Crippen LogP contribution in [0.3, 0.4) is 0 Å². The highest BCUT2D eigenvalue weighted by Crippen LogP contribution is 2.29. The number of anilines is 1. The third kappa shape index (κ3) is 3.15. The van der Waals surface area contributed by atoms with Crippen molar-refractivity contribution in [2.75, 3.05) is 18.4 Å². The van der Waals surface area contributed by atoms with E-state index >= 15 is 0 Å². The highest BCUT2D eigenvalue weighted by atomic mass is 79.9. The Hall–Kier alpha value is -0.250. The highest BCUT2D eigenvalue weighted by molar-refractivity contribution is 9.10. The van der Waals surface area contributed by atoms with Gasteiger partial charge in [0.2, 0.25) is 0 Å². The molecular formula is C10H14BrClN2. The van der Waals surface area contributed by atoms with Crippen LogP contribution in [-0.4, -0.2) is 13.1 Å². The first-order valence-corrected chi connectivity index (χ1v) is 5.70. The van der Waals surface area contributed by atoms with E-state index in [1.165, 1.54) is 0 Å². The lowest BCUT2D eigenvalue weighted by molar-refractivity contribution is 0.628. The van der Waals surface area contributed by atoms with Crippen molar-refractivity contribution >= 4 is 33.2 Å². The molecule has 0 heterocycles. The highest BCUT2D eigenvalue weighted by Gasteiger charge is 2.04. The lowest BCUT2D eigenvalue weighted by atomic mass is 10.2. The largest absolute Gasteiger partial charge is 0.384 e. The molecule has 0 aromatic heterocycles. The molecule has 3 N–H and O–H groups in total. The lowest BCUT2D eigenvalue weighted by Crippen LogP contribution is -2.19. The summed E-state index contributed by atoms with van der Waals surface area (Å²) in [5.74, 6) is 0.459. The standard InChI is InChI=1S/C10H14BrClN2/c1-7(5-13)6-14-9-4-2-3-8(12)10(9)11/h2-4,7,14H,5-6,13H2,1H3. The Bertz CT molecular complexity index is 304. The Morgan fingerprint density at radius 3 is 2.93 bits per heavy atom. The fourth-order valence-electron chi connectivity index (χ4n) is 1.01. The van der Waals surface area contributed by atoms with Gasteiger partial charge in [-0.2, -0.15) is 0 Å². The number of hydrogen-bond acceptors (Lipinski definition) is 2. The van der Waals surface area contributed by atoms with Crippen molar-refractivity contribution in [2.45, 2.75) is 6.92 Å². The zero-order valence-corrected chi connectivity index (χ0v) is 10.4. The summed E-state index contributed by atoms with van der Waals surface area (Å²) in [7, 11) is 0. The first-order chi connectivity index (χ1) is 6.65. The molecule has 0 aliphatic rings. The molecule has 0 saturated heterocycles. The van der Waals surface area contributed by atoms with E-state index in [1.807, 2.05) is 18.2 Å². The number of hydrogen-bond donors (Lipinski definition) is 2. The van der Waals surface area contributed by atoms with E-state index in [9.17, 15) is 0 Å². The third-order valence-electron chi connectivity index (χ3n) is 1.99. The normalized spacial score (nSPS) is 12.6. The second-order valence-corrected chi connectivity index (χ2v) is 4.52. The molecule has 0 bridgehead atoms. The Morgan fingerprint density at radius 2 is 2.29 bits per heavy atom. The molecule has 1 aromatic carbocycles. The van der Waals surface area contributed by atoms with Crippen LogP contribution in [0.4, 0.5) is 5.69 Å². The molecule has 4 heteroatoms. The van der Waals surface area contributed by atoms with Crippen LogP contribution in [0.15, 0.2) is 22.7 Å². The fourth-order valence-corrected chi connectivity index (χ4v) is 1.59. The van der Waals surface area contributed by atoms with Crippen molar-refractivity contribution in [3.63, 3.8) is 0 Å². The molecule has 0 spiro atoms. The second kappa shape index (κ2) is 5.59. The van der Waals surface area contributed by atoms with Gasteiger partial charge >= 0.3 is 0 Å². The van der Waals surface area contributed by atoms with Gasteiger partial charge in [-0.05, 0) is 40.5 Å². The minimum atomic E-state index is 0.459. The molecule has 0 saturated carbocycles. The van der Waals surface area contributed by atoms with Crippen molar-refractivity contribution in [1.82, 2.24) is 0 Å². The van der Waals surface area contributed by atoms with Gasteiger partial charge in [-0.3, -0.25) is 0 Å². The van der Waals surface area contributed by atoms with Crippen molar-refractivity contribution in [1.29, 1.82) is 0 Å². The molecule has 1 rings (SSSR count). The Balaban J connectivity index is 2.63. The van der Waals surface area contributed by atoms with Crippen LogP contribution in [0.1, 0.15) is 6.92 Å². The molecule has 0 radical (unpaired) electrons. The number of rotatable bonds is 4. The summed E-state index contributed by atoms with van der Waals surface area (Å²) >= 11 is 9.38. The molecule has 0 aliphatic carbocycles. The van der Waals surface area contributed by atoms with E-state index in [4.69, 9.17) is 17.3 Å². The maximum atomic E-state index is 5.95. The minimum absolute atomic E-state index is 0.459. The third-order valence-corrected chi connectivity index (χ3v) is 3.39. The summed E-state index contributed by atoms with van der Waals surface area (Å²) in [4.78, 5) is 0. The van der Waals surface area contributed by atoms with Gasteiger partial charge in [0, 0.05) is 12.2 Å². The summed E-state index contributed by atoms with van der Waals surface area (Å²) < 4.78 is 0.908. The van der Waals surface area contributed by atoms with Crippen molar-refractivity contribution in [2.24, 2.45) is 11.7 Å². The molecule has 1 aromatic rings. The lowest BCUT2D eigenvalue weighted by Gasteiger charge is -2.13. The van der Waals surface area contributed by atoms with Gasteiger partial charge in [0.25, 0.3) is 0 Å². The van der Waals surface area contributed by atoms with E-state index in [0.29, 0.717) is 12.5 Å². The fraction of sp³-hybridized carbons (Fsp3) is 0.400. The smallest absolute Gasteiger partial charge is 0.0593 e. The quantitative estimate of drug-likeness (QED) is 0.887. The van der Waals surface area contributed by atoms with Gasteiger partial charge in [0.05, 0.1) is 9.50 Å². The summed E-state index contributed by atoms with van der Waals surface area (Å²) in [6.45, 7) is 3.64. The maximum Gasteiger partial charge on any atom is 0.0593 e. The molecule has 14 heavy (non-hydrogen) atoms. The van der Waals surface area contributed by atoms with Crippen LogP contribution in [-0.2, 0) is 0 Å². The van der Waals surface area contributed by atoms with Gasteiger partial charge in [0.1, 0.15) is 0 Å². The van der Waals surface area contributed by atoms with E-state index in [2.05, 4.69) is 28.2 Å². The maximum absolute atomic E-state index is 5.95. The van der Waals surface area contributed by atoms with E-state index in [-0.39, 0.29) is 0 Å². The van der Waals surface area contributed by atoms with Crippen LogP contribution in [0.25, 0.3) is 0 Å². The summed E-state index contributed by atoms with van der Waals surface area (Å²) in [6, 6.07) is 5.75. The predicted octanol–water partition coefficient (Wildman–Crippen LogP) is 3.11. The number of nitrogens with one attached hydrogen (secondary N) is 1. The molecule has 2 nitrogen and oxygen atoms in total. The predicted molar refractivity (Wildman–Crippen MR) is 65.9 cm³/mol. The molecule has 78 valence electrons. The summed E-state index contributed by atoms with van der Waals surface area (Å²) in [6.07, 6.45) is 0. The Morgan fingerprint density at radius 1 is 1.57 bits per heavy atom. The van der Waals surface area contributed by atoms with Crippen LogP contribution in [0, 0.1) is 5.92 Å². The van der Waals surface area contributed by atoms with Crippen LogP contribution in [0.2, 0.25) is 5.02 Å². The van der Waals surface area contributed by atoms with Crippen molar-refractivity contribution < 1.29 is 0 Å². The van der Waals surface area contributed by atoms with Gasteiger partial charge < -0.3 is 11.1 Å². The SMILES string of the molecule is CC(CN)CNc1cccc(Cl)c1Br.